The van der Waals surface area contributed by atoms with Gasteiger partial charge in [-0.15, -0.1) is 0 Å². The minimum atomic E-state index is -4.14. The van der Waals surface area contributed by atoms with Gasteiger partial charge in [0.15, 0.2) is 0 Å². The quantitative estimate of drug-likeness (QED) is 0.718. The summed E-state index contributed by atoms with van der Waals surface area (Å²) in [6.07, 6.45) is 0. The summed E-state index contributed by atoms with van der Waals surface area (Å²) >= 11 is 17.8. The fourth-order valence-electron chi connectivity index (χ4n) is 1.70. The van der Waals surface area contributed by atoms with Crippen molar-refractivity contribution in [2.75, 3.05) is 7.11 Å². The van der Waals surface area contributed by atoms with Crippen molar-refractivity contribution in [3.63, 3.8) is 0 Å². The second kappa shape index (κ2) is 6.54. The molecule has 22 heavy (non-hydrogen) atoms. The number of methoxy groups -OCH3 is 1. The Balaban J connectivity index is 2.42. The minimum Gasteiger partial charge on any atom is -0.495 e. The monoisotopic (exact) mass is 380 g/mol. The van der Waals surface area contributed by atoms with Crippen molar-refractivity contribution in [3.05, 3.63) is 51.0 Å². The summed E-state index contributed by atoms with van der Waals surface area (Å²) in [4.78, 5) is -0.243. The molecular formula is C14H11Cl3O4S. The van der Waals surface area contributed by atoms with Gasteiger partial charge in [0.1, 0.15) is 16.4 Å². The molecule has 0 amide bonds. The van der Waals surface area contributed by atoms with E-state index in [9.17, 15) is 8.42 Å². The number of halogens is 3. The van der Waals surface area contributed by atoms with Crippen LogP contribution < -0.4 is 8.92 Å². The molecule has 118 valence electrons. The summed E-state index contributed by atoms with van der Waals surface area (Å²) in [7, 11) is -2.73. The molecule has 4 nitrogen and oxygen atoms in total. The van der Waals surface area contributed by atoms with E-state index in [4.69, 9.17) is 43.7 Å². The number of ether oxygens (including phenoxy) is 1. The predicted octanol–water partition coefficient (Wildman–Crippen LogP) is 4.73. The highest BCUT2D eigenvalue weighted by molar-refractivity contribution is 7.87. The van der Waals surface area contributed by atoms with E-state index in [2.05, 4.69) is 0 Å². The molecule has 0 saturated carbocycles. The third-order valence-corrected chi connectivity index (χ3v) is 5.24. The number of hydrogen-bond donors (Lipinski definition) is 0. The average molecular weight is 382 g/mol. The highest BCUT2D eigenvalue weighted by atomic mass is 35.5. The Labute approximate surface area is 143 Å². The van der Waals surface area contributed by atoms with Crippen LogP contribution in [-0.2, 0) is 10.1 Å². The molecule has 8 heteroatoms. The number of aryl methyl sites for hydroxylation is 1. The molecule has 0 heterocycles. The van der Waals surface area contributed by atoms with Crippen LogP contribution in [0.5, 0.6) is 11.5 Å². The Bertz CT molecular complexity index is 819. The molecule has 0 saturated heterocycles. The molecule has 0 bridgehead atoms. The van der Waals surface area contributed by atoms with Crippen LogP contribution in [0.15, 0.2) is 35.2 Å². The van der Waals surface area contributed by atoms with Crippen molar-refractivity contribution in [3.8, 4) is 11.5 Å². The summed E-state index contributed by atoms with van der Waals surface area (Å²) in [6, 6.07) is 7.00. The van der Waals surface area contributed by atoms with Gasteiger partial charge in [-0.25, -0.2) is 0 Å². The van der Waals surface area contributed by atoms with E-state index >= 15 is 0 Å². The molecule has 0 radical (unpaired) electrons. The van der Waals surface area contributed by atoms with E-state index < -0.39 is 10.1 Å². The van der Waals surface area contributed by atoms with Crippen LogP contribution in [0, 0.1) is 6.92 Å². The molecule has 0 fully saturated rings. The van der Waals surface area contributed by atoms with Crippen LogP contribution in [0.1, 0.15) is 5.56 Å². The van der Waals surface area contributed by atoms with Crippen molar-refractivity contribution in [1.29, 1.82) is 0 Å². The lowest BCUT2D eigenvalue weighted by Crippen LogP contribution is -2.10. The Morgan fingerprint density at radius 2 is 1.64 bits per heavy atom. The van der Waals surface area contributed by atoms with Crippen molar-refractivity contribution in [2.45, 2.75) is 11.8 Å². The zero-order chi connectivity index (χ0) is 16.5. The SMILES string of the molecule is COc1cc(Cl)c(S(=O)(=O)Oc2ccc(Cl)c(C)c2)cc1Cl. The van der Waals surface area contributed by atoms with Gasteiger partial charge in [0.2, 0.25) is 0 Å². The molecule has 0 atom stereocenters. The van der Waals surface area contributed by atoms with Gasteiger partial charge < -0.3 is 8.92 Å². The summed E-state index contributed by atoms with van der Waals surface area (Å²) in [5.41, 5.74) is 0.688. The molecule has 0 N–H and O–H groups in total. The summed E-state index contributed by atoms with van der Waals surface area (Å²) < 4.78 is 34.7. The standard InChI is InChI=1S/C14H11Cl3O4S/c1-8-5-9(3-4-10(8)15)21-22(18,19)14-7-11(16)13(20-2)6-12(14)17/h3-7H,1-2H3. The lowest BCUT2D eigenvalue weighted by Gasteiger charge is -2.11. The molecule has 2 aromatic rings. The Morgan fingerprint density at radius 3 is 2.23 bits per heavy atom. The largest absolute Gasteiger partial charge is 0.495 e. The van der Waals surface area contributed by atoms with Crippen molar-refractivity contribution < 1.29 is 17.3 Å². The minimum absolute atomic E-state index is 0.0491. The second-order valence-electron chi connectivity index (χ2n) is 4.37. The molecule has 0 aliphatic heterocycles. The highest BCUT2D eigenvalue weighted by Gasteiger charge is 2.23. The van der Waals surface area contributed by atoms with Gasteiger partial charge in [0, 0.05) is 11.1 Å². The van der Waals surface area contributed by atoms with Crippen molar-refractivity contribution in [1.82, 2.24) is 0 Å². The average Bonchev–Trinajstić information content (AvgIpc) is 2.44. The Morgan fingerprint density at radius 1 is 0.955 bits per heavy atom. The molecule has 0 aliphatic carbocycles. The van der Waals surface area contributed by atoms with Gasteiger partial charge in [0.05, 0.1) is 17.2 Å². The number of hydrogen-bond acceptors (Lipinski definition) is 4. The van der Waals surface area contributed by atoms with Crippen LogP contribution in [-0.4, -0.2) is 15.5 Å². The zero-order valence-electron chi connectivity index (χ0n) is 11.6. The van der Waals surface area contributed by atoms with Crippen LogP contribution in [0.4, 0.5) is 0 Å². The molecular weight excluding hydrogens is 371 g/mol. The normalized spacial score (nSPS) is 11.3. The van der Waals surface area contributed by atoms with Crippen molar-refractivity contribution >= 4 is 44.9 Å². The molecule has 2 aromatic carbocycles. The smallest absolute Gasteiger partial charge is 0.340 e. The molecule has 0 aromatic heterocycles. The van der Waals surface area contributed by atoms with Gasteiger partial charge in [0.25, 0.3) is 0 Å². The van der Waals surface area contributed by atoms with Gasteiger partial charge in [-0.2, -0.15) is 8.42 Å². The van der Waals surface area contributed by atoms with E-state index in [1.807, 2.05) is 0 Å². The second-order valence-corrected chi connectivity index (χ2v) is 7.10. The summed E-state index contributed by atoms with van der Waals surface area (Å²) in [5.74, 6) is 0.401. The number of benzene rings is 2. The third kappa shape index (κ3) is 3.60. The fraction of sp³-hybridized carbons (Fsp3) is 0.143. The van der Waals surface area contributed by atoms with Gasteiger partial charge >= 0.3 is 10.1 Å². The molecule has 2 rings (SSSR count). The van der Waals surface area contributed by atoms with Gasteiger partial charge in [-0.1, -0.05) is 34.8 Å². The Kier molecular flexibility index (Phi) is 5.12. The molecule has 0 unspecified atom stereocenters. The first-order valence-corrected chi connectivity index (χ1v) is 8.52. The topological polar surface area (TPSA) is 52.6 Å². The summed E-state index contributed by atoms with van der Waals surface area (Å²) in [6.45, 7) is 1.74. The van der Waals surface area contributed by atoms with Crippen LogP contribution >= 0.6 is 34.8 Å². The lowest BCUT2D eigenvalue weighted by molar-refractivity contribution is 0.414. The van der Waals surface area contributed by atoms with E-state index in [1.165, 1.54) is 31.4 Å². The fourth-order valence-corrected chi connectivity index (χ4v) is 3.57. The first kappa shape index (κ1) is 17.2. The van der Waals surface area contributed by atoms with E-state index in [1.54, 1.807) is 13.0 Å². The molecule has 0 spiro atoms. The van der Waals surface area contributed by atoms with E-state index in [0.717, 1.165) is 0 Å². The first-order chi connectivity index (χ1) is 10.2. The maximum absolute atomic E-state index is 12.3. The predicted molar refractivity (Wildman–Crippen MR) is 87.0 cm³/mol. The summed E-state index contributed by atoms with van der Waals surface area (Å²) in [5, 5.41) is 0.573. The van der Waals surface area contributed by atoms with Crippen LogP contribution in [0.2, 0.25) is 15.1 Å². The lowest BCUT2D eigenvalue weighted by atomic mass is 10.2. The van der Waals surface area contributed by atoms with Gasteiger partial charge in [-0.3, -0.25) is 0 Å². The highest BCUT2D eigenvalue weighted by Crippen LogP contribution is 2.34. The maximum atomic E-state index is 12.3. The molecule has 0 aliphatic rings. The van der Waals surface area contributed by atoms with E-state index in [-0.39, 0.29) is 26.4 Å². The van der Waals surface area contributed by atoms with Crippen molar-refractivity contribution in [2.24, 2.45) is 0 Å². The van der Waals surface area contributed by atoms with E-state index in [0.29, 0.717) is 10.6 Å². The first-order valence-electron chi connectivity index (χ1n) is 5.98. The zero-order valence-corrected chi connectivity index (χ0v) is 14.6. The third-order valence-electron chi connectivity index (χ3n) is 2.81. The Hall–Kier alpha value is -1.14. The maximum Gasteiger partial charge on any atom is 0.340 e. The van der Waals surface area contributed by atoms with Crippen LogP contribution in [0.3, 0.4) is 0 Å². The number of rotatable bonds is 4. The van der Waals surface area contributed by atoms with Gasteiger partial charge in [-0.05, 0) is 36.8 Å². The van der Waals surface area contributed by atoms with Crippen LogP contribution in [0.25, 0.3) is 0 Å².